The lowest BCUT2D eigenvalue weighted by Gasteiger charge is -2.34. The van der Waals surface area contributed by atoms with Crippen LogP contribution in [0.4, 0.5) is 10.5 Å². The number of amides is 4. The van der Waals surface area contributed by atoms with Gasteiger partial charge >= 0.3 is 6.03 Å². The van der Waals surface area contributed by atoms with Crippen molar-refractivity contribution in [3.8, 4) is 0 Å². The van der Waals surface area contributed by atoms with Gasteiger partial charge in [0.1, 0.15) is 0 Å². The Morgan fingerprint density at radius 3 is 2.21 bits per heavy atom. The van der Waals surface area contributed by atoms with E-state index in [2.05, 4.69) is 10.6 Å². The second-order valence-corrected chi connectivity index (χ2v) is 7.60. The van der Waals surface area contributed by atoms with Crippen LogP contribution in [0, 0.1) is 0 Å². The highest BCUT2D eigenvalue weighted by Crippen LogP contribution is 2.10. The van der Waals surface area contributed by atoms with Gasteiger partial charge in [-0.1, -0.05) is 18.2 Å². The number of para-hydroxylation sites is 1. The zero-order chi connectivity index (χ0) is 20.5. The molecule has 2 saturated heterocycles. The number of carbonyl (C=O) groups excluding carboxylic acids is 3. The lowest BCUT2D eigenvalue weighted by atomic mass is 10.1. The van der Waals surface area contributed by atoms with E-state index in [1.807, 2.05) is 40.1 Å². The zero-order valence-corrected chi connectivity index (χ0v) is 16.9. The summed E-state index contributed by atoms with van der Waals surface area (Å²) in [4.78, 5) is 42.3. The molecule has 2 heterocycles. The standard InChI is InChI=1S/C21H31N5O3/c27-19(23-18-7-3-1-4-8-18)17-24-13-15-26(16-14-24)21(29)22-10-9-20(28)25-11-5-2-6-12-25/h1,3-4,7-8H,2,5-6,9-17H2,(H,22,29)(H,23,27). The van der Waals surface area contributed by atoms with Crippen LogP contribution in [0.3, 0.4) is 0 Å². The second-order valence-electron chi connectivity index (χ2n) is 7.60. The van der Waals surface area contributed by atoms with Crippen molar-refractivity contribution >= 4 is 23.5 Å². The maximum absolute atomic E-state index is 12.3. The van der Waals surface area contributed by atoms with Crippen molar-refractivity contribution < 1.29 is 14.4 Å². The fourth-order valence-electron chi connectivity index (χ4n) is 3.72. The van der Waals surface area contributed by atoms with Crippen molar-refractivity contribution in [3.05, 3.63) is 30.3 Å². The molecule has 3 rings (SSSR count). The highest BCUT2D eigenvalue weighted by molar-refractivity contribution is 5.92. The van der Waals surface area contributed by atoms with Gasteiger partial charge in [0.05, 0.1) is 6.54 Å². The summed E-state index contributed by atoms with van der Waals surface area (Å²) in [6.07, 6.45) is 3.70. The van der Waals surface area contributed by atoms with E-state index in [1.54, 1.807) is 4.90 Å². The molecule has 1 aromatic rings. The van der Waals surface area contributed by atoms with E-state index in [0.717, 1.165) is 31.6 Å². The number of benzene rings is 1. The minimum absolute atomic E-state index is 0.0506. The lowest BCUT2D eigenvalue weighted by molar-refractivity contribution is -0.131. The number of anilines is 1. The fourth-order valence-corrected chi connectivity index (χ4v) is 3.72. The summed E-state index contributed by atoms with van der Waals surface area (Å²) in [5.74, 6) is 0.0737. The van der Waals surface area contributed by atoms with E-state index in [4.69, 9.17) is 0 Å². The largest absolute Gasteiger partial charge is 0.343 e. The van der Waals surface area contributed by atoms with Gasteiger partial charge in [-0.05, 0) is 31.4 Å². The molecular formula is C21H31N5O3. The Labute approximate surface area is 172 Å². The summed E-state index contributed by atoms with van der Waals surface area (Å²) in [6.45, 7) is 4.82. The number of piperidine rings is 1. The average molecular weight is 402 g/mol. The zero-order valence-electron chi connectivity index (χ0n) is 16.9. The molecule has 2 N–H and O–H groups in total. The van der Waals surface area contributed by atoms with Crippen molar-refractivity contribution in [1.82, 2.24) is 20.0 Å². The van der Waals surface area contributed by atoms with E-state index < -0.39 is 0 Å². The molecule has 0 aliphatic carbocycles. The number of hydrogen-bond acceptors (Lipinski definition) is 4. The van der Waals surface area contributed by atoms with Crippen molar-refractivity contribution in [1.29, 1.82) is 0 Å². The third-order valence-electron chi connectivity index (χ3n) is 5.41. The van der Waals surface area contributed by atoms with Crippen LogP contribution >= 0.6 is 0 Å². The van der Waals surface area contributed by atoms with Crippen molar-refractivity contribution in [2.24, 2.45) is 0 Å². The number of rotatable bonds is 6. The maximum atomic E-state index is 12.3. The Morgan fingerprint density at radius 2 is 1.52 bits per heavy atom. The molecule has 0 spiro atoms. The minimum atomic E-state index is -0.134. The van der Waals surface area contributed by atoms with Crippen LogP contribution in [0.1, 0.15) is 25.7 Å². The van der Waals surface area contributed by atoms with Crippen LogP contribution in [0.25, 0.3) is 0 Å². The highest BCUT2D eigenvalue weighted by atomic mass is 16.2. The monoisotopic (exact) mass is 401 g/mol. The molecule has 0 unspecified atom stereocenters. The number of nitrogens with one attached hydrogen (secondary N) is 2. The molecular weight excluding hydrogens is 370 g/mol. The summed E-state index contributed by atoms with van der Waals surface area (Å²) in [5.41, 5.74) is 0.787. The smallest absolute Gasteiger partial charge is 0.317 e. The second kappa shape index (κ2) is 10.8. The van der Waals surface area contributed by atoms with E-state index in [-0.39, 0.29) is 17.8 Å². The number of hydrogen-bond donors (Lipinski definition) is 2. The number of carbonyl (C=O) groups is 3. The number of piperazine rings is 1. The summed E-state index contributed by atoms with van der Waals surface area (Å²) >= 11 is 0. The molecule has 158 valence electrons. The van der Waals surface area contributed by atoms with Gasteiger partial charge < -0.3 is 20.4 Å². The number of urea groups is 1. The first-order chi connectivity index (χ1) is 14.1. The van der Waals surface area contributed by atoms with Crippen molar-refractivity contribution in [2.45, 2.75) is 25.7 Å². The Hall–Kier alpha value is -2.61. The van der Waals surface area contributed by atoms with Gasteiger partial charge in [0.15, 0.2) is 0 Å². The van der Waals surface area contributed by atoms with E-state index in [1.165, 1.54) is 6.42 Å². The van der Waals surface area contributed by atoms with Gasteiger partial charge in [0.2, 0.25) is 11.8 Å². The van der Waals surface area contributed by atoms with Crippen LogP contribution in [0.15, 0.2) is 30.3 Å². The van der Waals surface area contributed by atoms with Gasteiger partial charge in [-0.25, -0.2) is 4.79 Å². The summed E-state index contributed by atoms with van der Waals surface area (Å²) in [5, 5.41) is 5.73. The van der Waals surface area contributed by atoms with Crippen LogP contribution < -0.4 is 10.6 Å². The predicted octanol–water partition coefficient (Wildman–Crippen LogP) is 1.35. The summed E-state index contributed by atoms with van der Waals surface area (Å²) in [6, 6.07) is 9.25. The Kier molecular flexibility index (Phi) is 7.86. The molecule has 2 aliphatic rings. The maximum Gasteiger partial charge on any atom is 0.317 e. The number of nitrogens with zero attached hydrogens (tertiary/aromatic N) is 3. The van der Waals surface area contributed by atoms with Gasteiger partial charge in [-0.2, -0.15) is 0 Å². The minimum Gasteiger partial charge on any atom is -0.343 e. The molecule has 8 heteroatoms. The molecule has 2 aliphatic heterocycles. The molecule has 0 aromatic heterocycles. The van der Waals surface area contributed by atoms with Gasteiger partial charge in [-0.15, -0.1) is 0 Å². The van der Waals surface area contributed by atoms with Crippen LogP contribution in [0.2, 0.25) is 0 Å². The van der Waals surface area contributed by atoms with Crippen LogP contribution in [-0.2, 0) is 9.59 Å². The SMILES string of the molecule is O=C(CN1CCN(C(=O)NCCC(=O)N2CCCCC2)CC1)Nc1ccccc1. The first kappa shape index (κ1) is 21.1. The Bertz CT molecular complexity index is 683. The summed E-state index contributed by atoms with van der Waals surface area (Å²) in [7, 11) is 0. The van der Waals surface area contributed by atoms with Crippen LogP contribution in [0.5, 0.6) is 0 Å². The molecule has 4 amide bonds. The van der Waals surface area contributed by atoms with Gasteiger partial charge in [-0.3, -0.25) is 14.5 Å². The topological polar surface area (TPSA) is 85.0 Å². The lowest BCUT2D eigenvalue weighted by Crippen LogP contribution is -2.53. The molecule has 0 radical (unpaired) electrons. The number of likely N-dealkylation sites (tertiary alicyclic amines) is 1. The third kappa shape index (κ3) is 6.74. The summed E-state index contributed by atoms with van der Waals surface area (Å²) < 4.78 is 0. The molecule has 8 nitrogen and oxygen atoms in total. The van der Waals surface area contributed by atoms with Crippen molar-refractivity contribution in [2.75, 3.05) is 57.7 Å². The van der Waals surface area contributed by atoms with Gasteiger partial charge in [0.25, 0.3) is 0 Å². The Morgan fingerprint density at radius 1 is 0.828 bits per heavy atom. The fraction of sp³-hybridized carbons (Fsp3) is 0.571. The van der Waals surface area contributed by atoms with Crippen LogP contribution in [-0.4, -0.2) is 84.9 Å². The van der Waals surface area contributed by atoms with Gasteiger partial charge in [0, 0.05) is 57.9 Å². The molecule has 0 bridgehead atoms. The van der Waals surface area contributed by atoms with E-state index >= 15 is 0 Å². The molecule has 0 saturated carbocycles. The highest BCUT2D eigenvalue weighted by Gasteiger charge is 2.23. The quantitative estimate of drug-likeness (QED) is 0.754. The molecule has 2 fully saturated rings. The molecule has 1 aromatic carbocycles. The first-order valence-electron chi connectivity index (χ1n) is 10.5. The Balaban J connectivity index is 1.30. The average Bonchev–Trinajstić information content (AvgIpc) is 2.75. The third-order valence-corrected chi connectivity index (χ3v) is 5.41. The normalized spacial score (nSPS) is 17.7. The molecule has 0 atom stereocenters. The van der Waals surface area contributed by atoms with E-state index in [0.29, 0.717) is 45.7 Å². The predicted molar refractivity (Wildman–Crippen MR) is 112 cm³/mol. The molecule has 29 heavy (non-hydrogen) atoms. The van der Waals surface area contributed by atoms with E-state index in [9.17, 15) is 14.4 Å². The van der Waals surface area contributed by atoms with Crippen molar-refractivity contribution in [3.63, 3.8) is 0 Å². The first-order valence-corrected chi connectivity index (χ1v) is 10.5.